The van der Waals surface area contributed by atoms with Gasteiger partial charge in [-0.1, -0.05) is 19.8 Å². The summed E-state index contributed by atoms with van der Waals surface area (Å²) in [5, 5.41) is 4.58. The van der Waals surface area contributed by atoms with E-state index in [-0.39, 0.29) is 12.1 Å². The van der Waals surface area contributed by atoms with Crippen molar-refractivity contribution in [3.8, 4) is 0 Å². The van der Waals surface area contributed by atoms with E-state index in [1.165, 1.54) is 0 Å². The number of carbonyl (C=O) groups excluding carboxylic acids is 5. The smallest absolute Gasteiger partial charge is 0.334 e. The van der Waals surface area contributed by atoms with E-state index in [9.17, 15) is 24.0 Å². The summed E-state index contributed by atoms with van der Waals surface area (Å²) in [6.07, 6.45) is 3.82. The lowest BCUT2D eigenvalue weighted by Crippen LogP contribution is -2.48. The van der Waals surface area contributed by atoms with E-state index < -0.39 is 36.3 Å². The number of hydrogen-bond acceptors (Lipinski definition) is 5. The van der Waals surface area contributed by atoms with Crippen molar-refractivity contribution in [3.05, 3.63) is 0 Å². The fraction of sp³-hybridized carbons (Fsp3) is 0.667. The van der Waals surface area contributed by atoms with Gasteiger partial charge in [-0.3, -0.25) is 24.6 Å². The molecule has 0 bridgehead atoms. The summed E-state index contributed by atoms with van der Waals surface area (Å²) in [7, 11) is 0. The molecule has 1 saturated heterocycles. The third kappa shape index (κ3) is 3.72. The summed E-state index contributed by atoms with van der Waals surface area (Å²) in [6, 6.07) is -1.88. The van der Waals surface area contributed by atoms with Crippen molar-refractivity contribution < 1.29 is 24.0 Å². The van der Waals surface area contributed by atoms with Crippen LogP contribution in [0.5, 0.6) is 0 Å². The first-order valence-corrected chi connectivity index (χ1v) is 8.14. The van der Waals surface area contributed by atoms with Gasteiger partial charge in [-0.25, -0.2) is 14.5 Å². The van der Waals surface area contributed by atoms with Gasteiger partial charge in [0.1, 0.15) is 6.54 Å². The van der Waals surface area contributed by atoms with Crippen molar-refractivity contribution in [1.29, 1.82) is 0 Å². The van der Waals surface area contributed by atoms with E-state index in [1.54, 1.807) is 6.92 Å². The molecule has 2 rings (SSSR count). The van der Waals surface area contributed by atoms with Crippen LogP contribution in [0.2, 0.25) is 0 Å². The monoisotopic (exact) mass is 338 g/mol. The summed E-state index contributed by atoms with van der Waals surface area (Å²) < 4.78 is 0. The summed E-state index contributed by atoms with van der Waals surface area (Å²) in [6.45, 7) is 2.99. The molecule has 0 spiro atoms. The standard InChI is InChI=1S/C15H22N4O5/c1-3-9(2)16-14(23)17-11(20)8-18-12(21)13(22)19(15(18)24)10-6-4-5-7-10/h9-10H,3-8H2,1-2H3,(H2,16,17,20,23)/t9-/m0/s1. The Balaban J connectivity index is 1.95. The second-order valence-electron chi connectivity index (χ2n) is 6.12. The minimum Gasteiger partial charge on any atom is -0.335 e. The predicted molar refractivity (Wildman–Crippen MR) is 82.6 cm³/mol. The van der Waals surface area contributed by atoms with E-state index in [0.29, 0.717) is 24.2 Å². The Kier molecular flexibility index (Phi) is 5.53. The van der Waals surface area contributed by atoms with E-state index in [0.717, 1.165) is 17.7 Å². The van der Waals surface area contributed by atoms with Crippen LogP contribution in [0.1, 0.15) is 46.0 Å². The average molecular weight is 338 g/mol. The van der Waals surface area contributed by atoms with Crippen LogP contribution in [0.25, 0.3) is 0 Å². The van der Waals surface area contributed by atoms with Crippen molar-refractivity contribution in [2.75, 3.05) is 6.54 Å². The highest BCUT2D eigenvalue weighted by molar-refractivity contribution is 6.45. The number of urea groups is 2. The van der Waals surface area contributed by atoms with Crippen molar-refractivity contribution in [2.24, 2.45) is 0 Å². The van der Waals surface area contributed by atoms with Gasteiger partial charge >= 0.3 is 23.9 Å². The lowest BCUT2D eigenvalue weighted by molar-refractivity contribution is -0.144. The van der Waals surface area contributed by atoms with Gasteiger partial charge in [0.05, 0.1) is 0 Å². The number of imide groups is 3. The zero-order valence-electron chi connectivity index (χ0n) is 13.8. The molecule has 9 heteroatoms. The van der Waals surface area contributed by atoms with Crippen LogP contribution in [0.15, 0.2) is 0 Å². The predicted octanol–water partition coefficient (Wildman–Crippen LogP) is 0.344. The van der Waals surface area contributed by atoms with Crippen LogP contribution >= 0.6 is 0 Å². The lowest BCUT2D eigenvalue weighted by Gasteiger charge is -2.20. The normalized spacial score (nSPS) is 19.8. The third-order valence-electron chi connectivity index (χ3n) is 4.32. The fourth-order valence-electron chi connectivity index (χ4n) is 2.82. The number of nitrogens with one attached hydrogen (secondary N) is 2. The van der Waals surface area contributed by atoms with Crippen LogP contribution in [-0.4, -0.2) is 58.2 Å². The Hall–Kier alpha value is -2.45. The highest BCUT2D eigenvalue weighted by Gasteiger charge is 2.48. The molecule has 0 aromatic rings. The largest absolute Gasteiger partial charge is 0.335 e. The van der Waals surface area contributed by atoms with Crippen molar-refractivity contribution in [2.45, 2.75) is 58.0 Å². The quantitative estimate of drug-likeness (QED) is 0.554. The Morgan fingerprint density at radius 3 is 2.38 bits per heavy atom. The minimum atomic E-state index is -1.02. The van der Waals surface area contributed by atoms with Crippen LogP contribution in [0.3, 0.4) is 0 Å². The fourth-order valence-corrected chi connectivity index (χ4v) is 2.82. The zero-order chi connectivity index (χ0) is 17.9. The molecule has 132 valence electrons. The maximum absolute atomic E-state index is 12.3. The van der Waals surface area contributed by atoms with Gasteiger partial charge in [0, 0.05) is 12.1 Å². The number of hydrogen-bond donors (Lipinski definition) is 2. The van der Waals surface area contributed by atoms with E-state index >= 15 is 0 Å². The molecule has 1 atom stereocenters. The minimum absolute atomic E-state index is 0.118. The van der Waals surface area contributed by atoms with Crippen LogP contribution in [-0.2, 0) is 14.4 Å². The lowest BCUT2D eigenvalue weighted by atomic mass is 10.2. The second-order valence-corrected chi connectivity index (χ2v) is 6.12. The van der Waals surface area contributed by atoms with Crippen LogP contribution in [0, 0.1) is 0 Å². The highest BCUT2D eigenvalue weighted by Crippen LogP contribution is 2.27. The molecule has 1 saturated carbocycles. The summed E-state index contributed by atoms with van der Waals surface area (Å²) in [5.41, 5.74) is 0. The molecule has 0 aromatic heterocycles. The molecule has 7 amide bonds. The SMILES string of the molecule is CC[C@H](C)NC(=O)NC(=O)CN1C(=O)C(=O)N(C2CCCC2)C1=O. The molecule has 2 fully saturated rings. The van der Waals surface area contributed by atoms with Crippen LogP contribution in [0.4, 0.5) is 9.59 Å². The van der Waals surface area contributed by atoms with Gasteiger partial charge in [-0.05, 0) is 26.2 Å². The molecule has 2 aliphatic rings. The van der Waals surface area contributed by atoms with Crippen molar-refractivity contribution in [3.63, 3.8) is 0 Å². The molecule has 24 heavy (non-hydrogen) atoms. The first kappa shape index (κ1) is 17.9. The highest BCUT2D eigenvalue weighted by atomic mass is 16.2. The summed E-state index contributed by atoms with van der Waals surface area (Å²) >= 11 is 0. The maximum atomic E-state index is 12.3. The van der Waals surface area contributed by atoms with Gasteiger partial charge in [0.25, 0.3) is 0 Å². The Labute approximate surface area is 139 Å². The first-order chi connectivity index (χ1) is 11.3. The summed E-state index contributed by atoms with van der Waals surface area (Å²) in [5.74, 6) is -2.74. The molecule has 1 aliphatic heterocycles. The van der Waals surface area contributed by atoms with Crippen molar-refractivity contribution in [1.82, 2.24) is 20.4 Å². The van der Waals surface area contributed by atoms with E-state index in [1.807, 2.05) is 12.2 Å². The number of rotatable bonds is 5. The molecular formula is C15H22N4O5. The van der Waals surface area contributed by atoms with Crippen molar-refractivity contribution >= 4 is 29.8 Å². The average Bonchev–Trinajstić information content (AvgIpc) is 3.11. The molecule has 9 nitrogen and oxygen atoms in total. The topological polar surface area (TPSA) is 116 Å². The van der Waals surface area contributed by atoms with Gasteiger partial charge in [0.2, 0.25) is 5.91 Å². The second kappa shape index (κ2) is 7.41. The van der Waals surface area contributed by atoms with Gasteiger partial charge in [-0.15, -0.1) is 0 Å². The van der Waals surface area contributed by atoms with E-state index in [2.05, 4.69) is 5.32 Å². The van der Waals surface area contributed by atoms with Gasteiger partial charge < -0.3 is 5.32 Å². The Morgan fingerprint density at radius 2 is 1.79 bits per heavy atom. The molecule has 1 heterocycles. The maximum Gasteiger partial charge on any atom is 0.334 e. The molecule has 0 radical (unpaired) electrons. The molecule has 0 unspecified atom stereocenters. The molecule has 0 aromatic carbocycles. The Bertz CT molecular complexity index is 570. The number of amides is 7. The van der Waals surface area contributed by atoms with E-state index in [4.69, 9.17) is 0 Å². The third-order valence-corrected chi connectivity index (χ3v) is 4.32. The molecule has 2 N–H and O–H groups in total. The number of nitrogens with zero attached hydrogens (tertiary/aromatic N) is 2. The number of carbonyl (C=O) groups is 5. The van der Waals surface area contributed by atoms with Crippen LogP contribution < -0.4 is 10.6 Å². The van der Waals surface area contributed by atoms with Gasteiger partial charge in [0.15, 0.2) is 0 Å². The Morgan fingerprint density at radius 1 is 1.17 bits per heavy atom. The first-order valence-electron chi connectivity index (χ1n) is 8.14. The molecular weight excluding hydrogens is 316 g/mol. The summed E-state index contributed by atoms with van der Waals surface area (Å²) in [4.78, 5) is 61.2. The molecule has 1 aliphatic carbocycles. The zero-order valence-corrected chi connectivity index (χ0v) is 13.8. The van der Waals surface area contributed by atoms with Gasteiger partial charge in [-0.2, -0.15) is 0 Å².